The number of carbonyl (C=O) groups is 2. The van der Waals surface area contributed by atoms with Gasteiger partial charge in [-0.05, 0) is 53.6 Å². The molecular formula is C34H42N4O2. The van der Waals surface area contributed by atoms with E-state index in [0.29, 0.717) is 30.9 Å². The van der Waals surface area contributed by atoms with Gasteiger partial charge in [-0.1, -0.05) is 93.3 Å². The van der Waals surface area contributed by atoms with Crippen molar-refractivity contribution in [1.82, 2.24) is 15.1 Å². The van der Waals surface area contributed by atoms with Gasteiger partial charge in [-0.25, -0.2) is 4.79 Å². The normalized spacial score (nSPS) is 15.6. The summed E-state index contributed by atoms with van der Waals surface area (Å²) in [5.74, 6) is -0.0308. The van der Waals surface area contributed by atoms with Gasteiger partial charge in [0.05, 0.1) is 17.3 Å². The quantitative estimate of drug-likeness (QED) is 0.309. The Labute approximate surface area is 238 Å². The highest BCUT2D eigenvalue weighted by atomic mass is 16.2. The Balaban J connectivity index is 1.23. The third-order valence-electron chi connectivity index (χ3n) is 8.30. The first-order chi connectivity index (χ1) is 19.7. The zero-order valence-electron chi connectivity index (χ0n) is 23.7. The molecule has 3 amide bonds. The predicted molar refractivity (Wildman–Crippen MR) is 162 cm³/mol. The molecule has 0 saturated carbocycles. The van der Waals surface area contributed by atoms with Gasteiger partial charge in [0.25, 0.3) is 5.91 Å². The zero-order valence-corrected chi connectivity index (χ0v) is 23.7. The smallest absolute Gasteiger partial charge is 0.319 e. The molecule has 5 rings (SSSR count). The minimum Gasteiger partial charge on any atom is -0.338 e. The van der Waals surface area contributed by atoms with Gasteiger partial charge in [-0.3, -0.25) is 9.69 Å². The van der Waals surface area contributed by atoms with Crippen LogP contribution < -0.4 is 10.6 Å². The lowest BCUT2D eigenvalue weighted by atomic mass is 9.92. The molecule has 210 valence electrons. The highest BCUT2D eigenvalue weighted by Gasteiger charge is 2.32. The van der Waals surface area contributed by atoms with Gasteiger partial charge in [0.2, 0.25) is 0 Å². The molecule has 0 atom stereocenters. The molecule has 2 aliphatic rings. The summed E-state index contributed by atoms with van der Waals surface area (Å²) in [6.07, 6.45) is 7.83. The first kappa shape index (κ1) is 27.9. The van der Waals surface area contributed by atoms with Crippen LogP contribution in [0.25, 0.3) is 0 Å². The van der Waals surface area contributed by atoms with Crippen LogP contribution in [0.1, 0.15) is 77.7 Å². The molecule has 1 saturated heterocycles. The predicted octanol–water partition coefficient (Wildman–Crippen LogP) is 6.42. The lowest BCUT2D eigenvalue weighted by Crippen LogP contribution is -2.50. The van der Waals surface area contributed by atoms with Crippen LogP contribution in [0, 0.1) is 0 Å². The molecule has 0 unspecified atom stereocenters. The Morgan fingerprint density at radius 3 is 2.02 bits per heavy atom. The van der Waals surface area contributed by atoms with E-state index in [1.165, 1.54) is 41.5 Å². The summed E-state index contributed by atoms with van der Waals surface area (Å²) in [5.41, 5.74) is 6.71. The van der Waals surface area contributed by atoms with Crippen molar-refractivity contribution in [3.63, 3.8) is 0 Å². The molecule has 3 aromatic rings. The largest absolute Gasteiger partial charge is 0.338 e. The topological polar surface area (TPSA) is 64.7 Å². The maximum Gasteiger partial charge on any atom is 0.319 e. The first-order valence-electron chi connectivity index (χ1n) is 15.0. The van der Waals surface area contributed by atoms with Crippen molar-refractivity contribution in [2.45, 2.75) is 57.9 Å². The van der Waals surface area contributed by atoms with Crippen LogP contribution in [0.4, 0.5) is 10.5 Å². The van der Waals surface area contributed by atoms with Crippen LogP contribution in [-0.2, 0) is 12.8 Å². The summed E-state index contributed by atoms with van der Waals surface area (Å²) in [6.45, 7) is 5.73. The minimum atomic E-state index is -0.258. The van der Waals surface area contributed by atoms with E-state index in [4.69, 9.17) is 0 Å². The number of urea groups is 1. The summed E-state index contributed by atoms with van der Waals surface area (Å²) >= 11 is 0. The molecule has 3 aromatic carbocycles. The average Bonchev–Trinajstić information content (AvgIpc) is 3.16. The lowest BCUT2D eigenvalue weighted by Gasteiger charge is -2.40. The number of para-hydroxylation sites is 1. The SMILES string of the molecule is CCCCCCCNC(=O)Nc1ccccc1C(=O)N1CCN(C2c3ccccc3CCc3ccccc32)CC1. The van der Waals surface area contributed by atoms with E-state index in [0.717, 1.165) is 38.8 Å². The van der Waals surface area contributed by atoms with Crippen LogP contribution >= 0.6 is 0 Å². The van der Waals surface area contributed by atoms with Crippen molar-refractivity contribution in [3.05, 3.63) is 101 Å². The molecule has 1 aliphatic heterocycles. The zero-order chi connectivity index (χ0) is 27.7. The number of amides is 3. The van der Waals surface area contributed by atoms with Gasteiger partial charge in [-0.2, -0.15) is 0 Å². The third-order valence-corrected chi connectivity index (χ3v) is 8.30. The Morgan fingerprint density at radius 2 is 1.35 bits per heavy atom. The number of unbranched alkanes of at least 4 members (excludes halogenated alkanes) is 4. The van der Waals surface area contributed by atoms with Gasteiger partial charge >= 0.3 is 6.03 Å². The van der Waals surface area contributed by atoms with Crippen molar-refractivity contribution in [3.8, 4) is 0 Å². The van der Waals surface area contributed by atoms with Crippen molar-refractivity contribution >= 4 is 17.6 Å². The number of piperazine rings is 1. The van der Waals surface area contributed by atoms with Crippen molar-refractivity contribution in [1.29, 1.82) is 0 Å². The molecule has 1 fully saturated rings. The Kier molecular flexibility index (Phi) is 9.50. The Hall–Kier alpha value is -3.64. The standard InChI is InChI=1S/C34H42N4O2/c1-2-3-4-5-12-21-35-34(40)36-31-18-11-10-17-30(31)33(39)38-24-22-37(23-25-38)32-28-15-8-6-13-26(28)19-20-27-14-7-9-16-29(27)32/h6-11,13-18,32H,2-5,12,19-25H2,1H3,(H2,35,36,40). The fourth-order valence-electron chi connectivity index (χ4n) is 6.12. The molecule has 6 heteroatoms. The molecule has 0 aromatic heterocycles. The van der Waals surface area contributed by atoms with Crippen molar-refractivity contribution < 1.29 is 9.59 Å². The van der Waals surface area contributed by atoms with Crippen LogP contribution in [0.2, 0.25) is 0 Å². The lowest BCUT2D eigenvalue weighted by molar-refractivity contribution is 0.0598. The van der Waals surface area contributed by atoms with Gasteiger partial charge in [0, 0.05) is 32.7 Å². The van der Waals surface area contributed by atoms with Crippen LogP contribution in [-0.4, -0.2) is 54.5 Å². The summed E-state index contributed by atoms with van der Waals surface area (Å²) in [4.78, 5) is 30.6. The number of nitrogens with one attached hydrogen (secondary N) is 2. The fraction of sp³-hybridized carbons (Fsp3) is 0.412. The minimum absolute atomic E-state index is 0.0308. The highest BCUT2D eigenvalue weighted by molar-refractivity contribution is 6.03. The second-order valence-corrected chi connectivity index (χ2v) is 11.0. The molecular weight excluding hydrogens is 496 g/mol. The van der Waals surface area contributed by atoms with Crippen molar-refractivity contribution in [2.75, 3.05) is 38.0 Å². The number of anilines is 1. The second-order valence-electron chi connectivity index (χ2n) is 11.0. The number of carbonyl (C=O) groups excluding carboxylic acids is 2. The van der Waals surface area contributed by atoms with E-state index in [2.05, 4.69) is 71.0 Å². The van der Waals surface area contributed by atoms with Crippen LogP contribution in [0.3, 0.4) is 0 Å². The Bertz CT molecular complexity index is 1250. The molecule has 0 radical (unpaired) electrons. The molecule has 0 bridgehead atoms. The maximum absolute atomic E-state index is 13.6. The first-order valence-corrected chi connectivity index (χ1v) is 15.0. The molecule has 40 heavy (non-hydrogen) atoms. The van der Waals surface area contributed by atoms with Gasteiger partial charge in [0.15, 0.2) is 0 Å². The maximum atomic E-state index is 13.6. The van der Waals surface area contributed by atoms with Crippen LogP contribution in [0.15, 0.2) is 72.8 Å². The van der Waals surface area contributed by atoms with Gasteiger partial charge in [-0.15, -0.1) is 0 Å². The van der Waals surface area contributed by atoms with Crippen LogP contribution in [0.5, 0.6) is 0 Å². The van der Waals surface area contributed by atoms with Gasteiger partial charge in [0.1, 0.15) is 0 Å². The van der Waals surface area contributed by atoms with E-state index < -0.39 is 0 Å². The van der Waals surface area contributed by atoms with E-state index >= 15 is 0 Å². The number of hydrogen-bond acceptors (Lipinski definition) is 3. The number of benzene rings is 3. The van der Waals surface area contributed by atoms with E-state index in [1.807, 2.05) is 29.2 Å². The molecule has 2 N–H and O–H groups in total. The molecule has 1 aliphatic carbocycles. The summed E-state index contributed by atoms with van der Waals surface area (Å²) in [7, 11) is 0. The number of hydrogen-bond donors (Lipinski definition) is 2. The third kappa shape index (κ3) is 6.56. The number of aryl methyl sites for hydroxylation is 2. The summed E-state index contributed by atoms with van der Waals surface area (Å²) in [5, 5.41) is 5.85. The molecule has 1 heterocycles. The van der Waals surface area contributed by atoms with Gasteiger partial charge < -0.3 is 15.5 Å². The number of rotatable bonds is 9. The monoisotopic (exact) mass is 538 g/mol. The molecule has 0 spiro atoms. The Morgan fingerprint density at radius 1 is 0.750 bits per heavy atom. The number of nitrogens with zero attached hydrogens (tertiary/aromatic N) is 2. The average molecular weight is 539 g/mol. The van der Waals surface area contributed by atoms with E-state index in [1.54, 1.807) is 0 Å². The second kappa shape index (κ2) is 13.6. The molecule has 6 nitrogen and oxygen atoms in total. The summed E-state index contributed by atoms with van der Waals surface area (Å²) < 4.78 is 0. The fourth-order valence-corrected chi connectivity index (χ4v) is 6.12. The highest BCUT2D eigenvalue weighted by Crippen LogP contribution is 2.37. The van der Waals surface area contributed by atoms with E-state index in [9.17, 15) is 9.59 Å². The van der Waals surface area contributed by atoms with E-state index in [-0.39, 0.29) is 18.0 Å². The number of fused-ring (bicyclic) bond motifs is 2. The summed E-state index contributed by atoms with van der Waals surface area (Å²) in [6, 6.07) is 24.9. The van der Waals surface area contributed by atoms with Crippen molar-refractivity contribution in [2.24, 2.45) is 0 Å².